The molecule has 1 atom stereocenters. The minimum atomic E-state index is -3.62. The summed E-state index contributed by atoms with van der Waals surface area (Å²) < 4.78 is 27.3. The lowest BCUT2D eigenvalue weighted by Gasteiger charge is -2.32. The summed E-state index contributed by atoms with van der Waals surface area (Å²) in [6.07, 6.45) is 3.71. The van der Waals surface area contributed by atoms with Gasteiger partial charge in [0.05, 0.1) is 5.60 Å². The van der Waals surface area contributed by atoms with Crippen LogP contribution in [0.15, 0.2) is 41.0 Å². The molecule has 1 rings (SSSR count). The Bertz CT molecular complexity index is 565. The Labute approximate surface area is 124 Å². The monoisotopic (exact) mass is 315 g/mol. The number of thiophene rings is 1. The number of sulfonamides is 1. The third-order valence-electron chi connectivity index (χ3n) is 3.10. The lowest BCUT2D eigenvalue weighted by atomic mass is 9.89. The molecule has 0 fully saturated rings. The quantitative estimate of drug-likeness (QED) is 0.725. The molecular weight excluding hydrogens is 294 g/mol. The van der Waals surface area contributed by atoms with E-state index >= 15 is 0 Å². The first kappa shape index (κ1) is 17.1. The molecule has 0 aliphatic rings. The van der Waals surface area contributed by atoms with Crippen molar-refractivity contribution in [2.24, 2.45) is 0 Å². The first-order valence-electron chi connectivity index (χ1n) is 6.27. The Hall–Kier alpha value is -0.950. The molecule has 20 heavy (non-hydrogen) atoms. The third-order valence-corrected chi connectivity index (χ3v) is 6.20. The second-order valence-electron chi connectivity index (χ2n) is 4.88. The summed E-state index contributed by atoms with van der Waals surface area (Å²) in [4.78, 5) is 0. The predicted octanol–water partition coefficient (Wildman–Crippen LogP) is 2.61. The lowest BCUT2D eigenvalue weighted by molar-refractivity contribution is 0.0200. The Kier molecular flexibility index (Phi) is 5.70. The fourth-order valence-corrected chi connectivity index (χ4v) is 4.44. The van der Waals surface area contributed by atoms with E-state index in [9.17, 15) is 13.5 Å². The van der Waals surface area contributed by atoms with Crippen LogP contribution in [0.25, 0.3) is 0 Å². The molecule has 0 amide bonds. The summed E-state index contributed by atoms with van der Waals surface area (Å²) in [5.74, 6) is 0. The molecule has 1 heterocycles. The summed E-state index contributed by atoms with van der Waals surface area (Å²) in [5, 5.41) is 12.3. The fraction of sp³-hybridized carbons (Fsp3) is 0.429. The number of rotatable bonds is 8. The maximum atomic E-state index is 12.2. The Morgan fingerprint density at radius 1 is 1.45 bits per heavy atom. The van der Waals surface area contributed by atoms with Crippen molar-refractivity contribution in [2.45, 2.75) is 42.5 Å². The number of nitrogens with one attached hydrogen (secondary N) is 1. The van der Waals surface area contributed by atoms with Gasteiger partial charge >= 0.3 is 0 Å². The van der Waals surface area contributed by atoms with E-state index in [0.717, 1.165) is 16.9 Å². The summed E-state index contributed by atoms with van der Waals surface area (Å²) >= 11 is 1.16. The van der Waals surface area contributed by atoms with E-state index in [1.54, 1.807) is 30.5 Å². The zero-order valence-electron chi connectivity index (χ0n) is 11.8. The van der Waals surface area contributed by atoms with Gasteiger partial charge in [-0.3, -0.25) is 0 Å². The Balaban J connectivity index is 2.95. The van der Waals surface area contributed by atoms with Crippen molar-refractivity contribution in [3.63, 3.8) is 0 Å². The van der Waals surface area contributed by atoms with E-state index in [2.05, 4.69) is 17.9 Å². The zero-order valence-corrected chi connectivity index (χ0v) is 13.4. The van der Waals surface area contributed by atoms with Gasteiger partial charge in [-0.05, 0) is 43.7 Å². The first-order valence-corrected chi connectivity index (χ1v) is 8.63. The molecule has 0 aliphatic carbocycles. The summed E-state index contributed by atoms with van der Waals surface area (Å²) in [6, 6.07) is 0.964. The van der Waals surface area contributed by atoms with Crippen molar-refractivity contribution in [3.05, 3.63) is 42.3 Å². The fourth-order valence-electron chi connectivity index (χ4n) is 1.88. The van der Waals surface area contributed by atoms with Gasteiger partial charge < -0.3 is 5.11 Å². The van der Waals surface area contributed by atoms with Crippen LogP contribution < -0.4 is 4.72 Å². The van der Waals surface area contributed by atoms with Gasteiger partial charge in [-0.15, -0.1) is 24.5 Å². The minimum Gasteiger partial charge on any atom is -0.388 e. The van der Waals surface area contributed by atoms with Gasteiger partial charge in [0.1, 0.15) is 4.21 Å². The van der Waals surface area contributed by atoms with Crippen LogP contribution in [0.4, 0.5) is 0 Å². The van der Waals surface area contributed by atoms with Crippen molar-refractivity contribution < 1.29 is 13.5 Å². The van der Waals surface area contributed by atoms with Crippen LogP contribution >= 0.6 is 11.3 Å². The van der Waals surface area contributed by atoms with Crippen LogP contribution in [0.2, 0.25) is 0 Å². The molecule has 0 spiro atoms. The van der Waals surface area contributed by atoms with Gasteiger partial charge in [0, 0.05) is 6.04 Å². The molecule has 1 aromatic rings. The van der Waals surface area contributed by atoms with Crippen molar-refractivity contribution in [1.29, 1.82) is 0 Å². The lowest BCUT2D eigenvalue weighted by Crippen LogP contribution is -2.50. The highest BCUT2D eigenvalue weighted by molar-refractivity contribution is 7.91. The first-order chi connectivity index (χ1) is 9.25. The highest BCUT2D eigenvalue weighted by atomic mass is 32.2. The van der Waals surface area contributed by atoms with Crippen LogP contribution in [-0.4, -0.2) is 25.2 Å². The second-order valence-corrected chi connectivity index (χ2v) is 7.73. The molecule has 0 radical (unpaired) electrons. The molecule has 0 aliphatic heterocycles. The molecule has 112 valence electrons. The summed E-state index contributed by atoms with van der Waals surface area (Å²) in [5.41, 5.74) is -0.321. The Morgan fingerprint density at radius 3 is 2.40 bits per heavy atom. The molecule has 0 saturated heterocycles. The standard InChI is InChI=1S/C14H21NO3S2/c1-5-7-14(16,8-6-2)12(4)15-20(17,18)13-9-11(3)10-19-13/h5-6,9-10,12,15-16H,1-2,7-8H2,3-4H3/t12-/m0/s1. The third kappa shape index (κ3) is 4.02. The number of aliphatic hydroxyl groups is 1. The van der Waals surface area contributed by atoms with Gasteiger partial charge in [0.2, 0.25) is 10.0 Å². The van der Waals surface area contributed by atoms with E-state index in [1.165, 1.54) is 0 Å². The van der Waals surface area contributed by atoms with Gasteiger partial charge in [-0.1, -0.05) is 12.2 Å². The van der Waals surface area contributed by atoms with E-state index < -0.39 is 21.7 Å². The van der Waals surface area contributed by atoms with Crippen molar-refractivity contribution in [1.82, 2.24) is 4.72 Å². The maximum Gasteiger partial charge on any atom is 0.250 e. The topological polar surface area (TPSA) is 66.4 Å². The maximum absolute atomic E-state index is 12.2. The van der Waals surface area contributed by atoms with Gasteiger partial charge in [0.15, 0.2) is 0 Å². The predicted molar refractivity (Wildman–Crippen MR) is 83.4 cm³/mol. The van der Waals surface area contributed by atoms with Crippen molar-refractivity contribution in [3.8, 4) is 0 Å². The summed E-state index contributed by atoms with van der Waals surface area (Å²) in [6.45, 7) is 10.7. The van der Waals surface area contributed by atoms with E-state index in [0.29, 0.717) is 0 Å². The SMILES string of the molecule is C=CCC(O)(CC=C)[C@H](C)NS(=O)(=O)c1cc(C)cs1. The number of hydrogen-bond donors (Lipinski definition) is 2. The van der Waals surface area contributed by atoms with Crippen molar-refractivity contribution in [2.75, 3.05) is 0 Å². The molecule has 2 N–H and O–H groups in total. The van der Waals surface area contributed by atoms with Gasteiger partial charge in [-0.2, -0.15) is 0 Å². The van der Waals surface area contributed by atoms with E-state index in [4.69, 9.17) is 0 Å². The van der Waals surface area contributed by atoms with Crippen LogP contribution in [0.5, 0.6) is 0 Å². The molecule has 4 nitrogen and oxygen atoms in total. The van der Waals surface area contributed by atoms with Gasteiger partial charge in [0.25, 0.3) is 0 Å². The van der Waals surface area contributed by atoms with E-state index in [1.807, 2.05) is 6.92 Å². The van der Waals surface area contributed by atoms with Crippen LogP contribution in [-0.2, 0) is 10.0 Å². The molecule has 0 saturated carbocycles. The van der Waals surface area contributed by atoms with Crippen LogP contribution in [0, 0.1) is 6.92 Å². The average Bonchev–Trinajstić information content (AvgIpc) is 2.76. The molecular formula is C14H21NO3S2. The molecule has 1 aromatic heterocycles. The molecule has 0 unspecified atom stereocenters. The average molecular weight is 315 g/mol. The highest BCUT2D eigenvalue weighted by Gasteiger charge is 2.34. The van der Waals surface area contributed by atoms with Gasteiger partial charge in [-0.25, -0.2) is 13.1 Å². The Morgan fingerprint density at radius 2 is 2.00 bits per heavy atom. The van der Waals surface area contributed by atoms with Crippen molar-refractivity contribution >= 4 is 21.4 Å². The summed E-state index contributed by atoms with van der Waals surface area (Å²) in [7, 11) is -3.62. The number of hydrogen-bond acceptors (Lipinski definition) is 4. The zero-order chi connectivity index (χ0) is 15.4. The second kappa shape index (κ2) is 6.67. The van der Waals surface area contributed by atoms with Crippen LogP contribution in [0.3, 0.4) is 0 Å². The normalized spacial score (nSPS) is 13.9. The highest BCUT2D eigenvalue weighted by Crippen LogP contribution is 2.25. The molecule has 0 bridgehead atoms. The minimum absolute atomic E-state index is 0.251. The largest absolute Gasteiger partial charge is 0.388 e. The molecule has 6 heteroatoms. The smallest absolute Gasteiger partial charge is 0.250 e. The van der Waals surface area contributed by atoms with E-state index in [-0.39, 0.29) is 17.1 Å². The number of aryl methyl sites for hydroxylation is 1. The van der Waals surface area contributed by atoms with Crippen LogP contribution in [0.1, 0.15) is 25.3 Å². The molecule has 0 aromatic carbocycles.